The molecule has 0 unspecified atom stereocenters. The summed E-state index contributed by atoms with van der Waals surface area (Å²) >= 11 is 7.31. The molecule has 0 bridgehead atoms. The molecule has 0 aliphatic rings. The first kappa shape index (κ1) is 16.0. The monoisotopic (exact) mass is 351 g/mol. The van der Waals surface area contributed by atoms with Crippen LogP contribution in [0.4, 0.5) is 14.5 Å². The highest BCUT2D eigenvalue weighted by Crippen LogP contribution is 2.33. The van der Waals surface area contributed by atoms with Crippen LogP contribution >= 0.6 is 23.5 Å². The second kappa shape index (κ2) is 6.31. The molecule has 2 aromatic carbocycles. The van der Waals surface area contributed by atoms with Gasteiger partial charge in [0.2, 0.25) is 0 Å². The zero-order valence-corrected chi connectivity index (χ0v) is 13.3. The predicted molar refractivity (Wildman–Crippen MR) is 90.8 cm³/mol. The van der Waals surface area contributed by atoms with Gasteiger partial charge in [0.05, 0.1) is 21.1 Å². The maximum absolute atomic E-state index is 13.2. The van der Waals surface area contributed by atoms with Gasteiger partial charge in [-0.25, -0.2) is 0 Å². The van der Waals surface area contributed by atoms with Crippen molar-refractivity contribution in [3.8, 4) is 0 Å². The molecule has 1 heterocycles. The van der Waals surface area contributed by atoms with Gasteiger partial charge in [0, 0.05) is 17.1 Å². The highest BCUT2D eigenvalue weighted by atomic mass is 35.5. The summed E-state index contributed by atoms with van der Waals surface area (Å²) in [6.45, 7) is 0. The van der Waals surface area contributed by atoms with Gasteiger partial charge in [0.25, 0.3) is 0 Å². The second-order valence-electron chi connectivity index (χ2n) is 4.85. The zero-order valence-electron chi connectivity index (χ0n) is 11.8. The number of nitrogens with one attached hydrogen (secondary N) is 1. The number of fused-ring (bicyclic) bond motifs is 1. The molecule has 0 spiro atoms. The van der Waals surface area contributed by atoms with Crippen LogP contribution in [0.3, 0.4) is 0 Å². The normalized spacial score (nSPS) is 11.7. The van der Waals surface area contributed by atoms with Gasteiger partial charge in [0.1, 0.15) is 0 Å². The molecule has 3 N–H and O–H groups in total. The van der Waals surface area contributed by atoms with Crippen LogP contribution in [0.5, 0.6) is 0 Å². The first-order chi connectivity index (χ1) is 10.9. The number of pyridine rings is 1. The molecule has 0 amide bonds. The van der Waals surface area contributed by atoms with Gasteiger partial charge < -0.3 is 4.72 Å². The Bertz CT molecular complexity index is 847. The number of aromatic nitrogens is 1. The third kappa shape index (κ3) is 3.55. The first-order valence-electron chi connectivity index (χ1n) is 6.68. The molecule has 1 aromatic heterocycles. The van der Waals surface area contributed by atoms with Gasteiger partial charge in [-0.1, -0.05) is 29.8 Å². The van der Waals surface area contributed by atoms with Crippen molar-refractivity contribution in [2.45, 2.75) is 10.9 Å². The minimum absolute atomic E-state index is 0.305. The van der Waals surface area contributed by atoms with Crippen molar-refractivity contribution < 1.29 is 8.78 Å². The Morgan fingerprint density at radius 1 is 1.13 bits per heavy atom. The number of anilines is 1. The molecule has 3 aromatic rings. The van der Waals surface area contributed by atoms with E-state index >= 15 is 0 Å². The lowest BCUT2D eigenvalue weighted by Gasteiger charge is -2.14. The number of benzene rings is 2. The van der Waals surface area contributed by atoms with E-state index in [4.69, 9.17) is 17.3 Å². The fourth-order valence-electron chi connectivity index (χ4n) is 2.08. The van der Waals surface area contributed by atoms with E-state index in [2.05, 4.69) is 9.71 Å². The topological polar surface area (TPSA) is 50.9 Å². The number of nitrogens with zero attached hydrogens (tertiary/aromatic N) is 1. The molecular formula is C16H12ClF2N3S. The van der Waals surface area contributed by atoms with Crippen molar-refractivity contribution in [3.63, 3.8) is 0 Å². The van der Waals surface area contributed by atoms with E-state index in [0.29, 0.717) is 10.7 Å². The molecule has 3 rings (SSSR count). The first-order valence-corrected chi connectivity index (χ1v) is 7.88. The number of para-hydroxylation sites is 1. The van der Waals surface area contributed by atoms with Crippen LogP contribution in [0, 0.1) is 0 Å². The third-order valence-corrected chi connectivity index (χ3v) is 4.42. The summed E-state index contributed by atoms with van der Waals surface area (Å²) in [7, 11) is 0. The number of rotatable bonds is 4. The Hall–Kier alpha value is -1.89. The van der Waals surface area contributed by atoms with E-state index in [9.17, 15) is 8.78 Å². The molecule has 118 valence electrons. The largest absolute Gasteiger partial charge is 0.327 e. The summed E-state index contributed by atoms with van der Waals surface area (Å²) in [5, 5.41) is 1.33. The van der Waals surface area contributed by atoms with Crippen molar-refractivity contribution in [2.24, 2.45) is 5.73 Å². The number of hydrogen-bond acceptors (Lipinski definition) is 4. The van der Waals surface area contributed by atoms with Crippen LogP contribution in [0.15, 0.2) is 59.6 Å². The van der Waals surface area contributed by atoms with E-state index in [1.165, 1.54) is 30.1 Å². The van der Waals surface area contributed by atoms with Crippen LogP contribution < -0.4 is 10.5 Å². The standard InChI is InChI=1S/C16H12ClF2N3S/c17-12-7-6-11(16(18,19)20)9-13(12)22-23-14-5-1-3-10-4-2-8-21-15(10)14/h1-9,22H,20H2. The third-order valence-electron chi connectivity index (χ3n) is 3.22. The van der Waals surface area contributed by atoms with Crippen LogP contribution in [0.25, 0.3) is 10.9 Å². The SMILES string of the molecule is NC(F)(F)c1ccc(Cl)c(NSc2cccc3cccnc23)c1. The lowest BCUT2D eigenvalue weighted by Crippen LogP contribution is -2.25. The summed E-state index contributed by atoms with van der Waals surface area (Å²) in [5.41, 5.74) is 5.72. The maximum atomic E-state index is 13.2. The highest BCUT2D eigenvalue weighted by molar-refractivity contribution is 8.00. The van der Waals surface area contributed by atoms with E-state index in [0.717, 1.165) is 15.8 Å². The van der Waals surface area contributed by atoms with Crippen LogP contribution in [-0.2, 0) is 6.05 Å². The van der Waals surface area contributed by atoms with Crippen LogP contribution in [-0.4, -0.2) is 4.98 Å². The number of alkyl halides is 2. The molecule has 0 saturated heterocycles. The summed E-state index contributed by atoms with van der Waals surface area (Å²) < 4.78 is 29.4. The molecule has 23 heavy (non-hydrogen) atoms. The average Bonchev–Trinajstić information content (AvgIpc) is 2.53. The lowest BCUT2D eigenvalue weighted by molar-refractivity contribution is 0.00304. The molecule has 3 nitrogen and oxygen atoms in total. The number of nitrogens with two attached hydrogens (primary N) is 1. The highest BCUT2D eigenvalue weighted by Gasteiger charge is 2.25. The zero-order chi connectivity index (χ0) is 16.4. The molecular weight excluding hydrogens is 340 g/mol. The summed E-state index contributed by atoms with van der Waals surface area (Å²) in [5.74, 6) is 0. The fourth-order valence-corrected chi connectivity index (χ4v) is 3.10. The van der Waals surface area contributed by atoms with Crippen LogP contribution in [0.2, 0.25) is 5.02 Å². The van der Waals surface area contributed by atoms with E-state index in [1.807, 2.05) is 30.3 Å². The van der Waals surface area contributed by atoms with Gasteiger partial charge in [0.15, 0.2) is 0 Å². The average molecular weight is 352 g/mol. The van der Waals surface area contributed by atoms with Gasteiger partial charge in [-0.15, -0.1) is 0 Å². The summed E-state index contributed by atoms with van der Waals surface area (Å²) in [4.78, 5) is 5.20. The predicted octanol–water partition coefficient (Wildman–Crippen LogP) is 5.02. The van der Waals surface area contributed by atoms with Crippen molar-refractivity contribution in [2.75, 3.05) is 4.72 Å². The van der Waals surface area contributed by atoms with Crippen molar-refractivity contribution in [1.29, 1.82) is 0 Å². The Labute approximate surface area is 141 Å². The number of halogens is 3. The van der Waals surface area contributed by atoms with E-state index in [1.54, 1.807) is 6.20 Å². The molecule has 0 aliphatic carbocycles. The minimum Gasteiger partial charge on any atom is -0.324 e. The minimum atomic E-state index is -3.41. The van der Waals surface area contributed by atoms with E-state index in [-0.39, 0.29) is 5.56 Å². The molecule has 0 aliphatic heterocycles. The van der Waals surface area contributed by atoms with Crippen molar-refractivity contribution in [1.82, 2.24) is 4.98 Å². The molecule has 0 fully saturated rings. The summed E-state index contributed by atoms with van der Waals surface area (Å²) in [6.07, 6.45) is 1.70. The maximum Gasteiger partial charge on any atom is 0.327 e. The summed E-state index contributed by atoms with van der Waals surface area (Å²) in [6, 6.07) is 9.99. The lowest BCUT2D eigenvalue weighted by atomic mass is 10.2. The van der Waals surface area contributed by atoms with E-state index < -0.39 is 6.05 Å². The smallest absolute Gasteiger partial charge is 0.324 e. The van der Waals surface area contributed by atoms with Gasteiger partial charge >= 0.3 is 6.05 Å². The number of hydrogen-bond donors (Lipinski definition) is 2. The Balaban J connectivity index is 1.88. The van der Waals surface area contributed by atoms with Gasteiger partial charge in [-0.05, 0) is 42.3 Å². The van der Waals surface area contributed by atoms with Crippen molar-refractivity contribution in [3.05, 3.63) is 65.3 Å². The Morgan fingerprint density at radius 3 is 2.70 bits per heavy atom. The Kier molecular flexibility index (Phi) is 4.39. The van der Waals surface area contributed by atoms with Gasteiger partial charge in [-0.3, -0.25) is 10.7 Å². The molecule has 0 saturated carbocycles. The fraction of sp³-hybridized carbons (Fsp3) is 0.0625. The van der Waals surface area contributed by atoms with Gasteiger partial charge in [-0.2, -0.15) is 8.78 Å². The Morgan fingerprint density at radius 2 is 1.91 bits per heavy atom. The van der Waals surface area contributed by atoms with Crippen LogP contribution in [0.1, 0.15) is 5.56 Å². The quantitative estimate of drug-likeness (QED) is 0.512. The van der Waals surface area contributed by atoms with Crippen molar-refractivity contribution >= 4 is 40.1 Å². The molecule has 7 heteroatoms. The molecule has 0 atom stereocenters. The second-order valence-corrected chi connectivity index (χ2v) is 6.11. The molecule has 0 radical (unpaired) electrons.